The van der Waals surface area contributed by atoms with Gasteiger partial charge in [0.05, 0.1) is 5.60 Å². The molecule has 0 radical (unpaired) electrons. The van der Waals surface area contributed by atoms with Gasteiger partial charge in [-0.05, 0) is 43.2 Å². The van der Waals surface area contributed by atoms with Crippen molar-refractivity contribution in [2.75, 3.05) is 13.1 Å². The molecule has 18 heavy (non-hydrogen) atoms. The lowest BCUT2D eigenvalue weighted by molar-refractivity contribution is 0.0345. The summed E-state index contributed by atoms with van der Waals surface area (Å²) in [6.07, 6.45) is 1.11. The first-order valence-electron chi connectivity index (χ1n) is 6.99. The summed E-state index contributed by atoms with van der Waals surface area (Å²) in [6, 6.07) is 10.5. The zero-order valence-electron chi connectivity index (χ0n) is 11.7. The molecule has 1 aliphatic rings. The molecule has 0 heterocycles. The number of benzene rings is 1. The van der Waals surface area contributed by atoms with Crippen molar-refractivity contribution in [2.24, 2.45) is 11.8 Å². The molecule has 0 aliphatic heterocycles. The van der Waals surface area contributed by atoms with E-state index >= 15 is 0 Å². The van der Waals surface area contributed by atoms with Gasteiger partial charge in [0.15, 0.2) is 0 Å². The molecule has 0 saturated heterocycles. The van der Waals surface area contributed by atoms with Crippen LogP contribution in [-0.4, -0.2) is 23.8 Å². The summed E-state index contributed by atoms with van der Waals surface area (Å²) < 4.78 is 0. The number of rotatable bonds is 6. The highest BCUT2D eigenvalue weighted by Crippen LogP contribution is 2.53. The first kappa shape index (κ1) is 13.6. The Balaban J connectivity index is 1.86. The summed E-state index contributed by atoms with van der Waals surface area (Å²) in [6.45, 7) is 8.00. The Bertz CT molecular complexity index is 372. The zero-order valence-corrected chi connectivity index (χ0v) is 11.7. The Kier molecular flexibility index (Phi) is 4.08. The maximum Gasteiger partial charge on any atom is 0.0777 e. The van der Waals surface area contributed by atoms with E-state index in [0.717, 1.165) is 13.0 Å². The van der Waals surface area contributed by atoms with Gasteiger partial charge < -0.3 is 10.4 Å². The topological polar surface area (TPSA) is 32.3 Å². The predicted molar refractivity (Wildman–Crippen MR) is 75.6 cm³/mol. The van der Waals surface area contributed by atoms with Crippen molar-refractivity contribution < 1.29 is 5.11 Å². The second-order valence-corrected chi connectivity index (χ2v) is 6.24. The Morgan fingerprint density at radius 1 is 1.33 bits per heavy atom. The van der Waals surface area contributed by atoms with E-state index in [1.54, 1.807) is 0 Å². The van der Waals surface area contributed by atoms with E-state index in [4.69, 9.17) is 0 Å². The van der Waals surface area contributed by atoms with E-state index in [-0.39, 0.29) is 0 Å². The molecule has 0 aromatic heterocycles. The Morgan fingerprint density at radius 2 is 2.00 bits per heavy atom. The molecule has 2 rings (SSSR count). The van der Waals surface area contributed by atoms with Gasteiger partial charge in [-0.2, -0.15) is 0 Å². The summed E-state index contributed by atoms with van der Waals surface area (Å²) in [7, 11) is 0. The highest BCUT2D eigenvalue weighted by atomic mass is 16.3. The van der Waals surface area contributed by atoms with Crippen molar-refractivity contribution in [3.8, 4) is 0 Å². The maximum absolute atomic E-state index is 10.5. The van der Waals surface area contributed by atoms with Gasteiger partial charge >= 0.3 is 0 Å². The molecule has 1 fully saturated rings. The third-order valence-corrected chi connectivity index (χ3v) is 3.85. The Hall–Kier alpha value is -0.860. The fourth-order valence-electron chi connectivity index (χ4n) is 2.70. The van der Waals surface area contributed by atoms with Crippen molar-refractivity contribution in [3.63, 3.8) is 0 Å². The lowest BCUT2D eigenvalue weighted by atomic mass is 9.96. The fraction of sp³-hybridized carbons (Fsp3) is 0.625. The molecule has 1 aromatic carbocycles. The standard InChI is InChI=1S/C16H25NO/c1-12(2)10-17-11-16(3,18)15-9-14(15)13-7-5-4-6-8-13/h4-8,12,14-15,17-18H,9-11H2,1-3H3. The largest absolute Gasteiger partial charge is 0.389 e. The normalized spacial score (nSPS) is 26.1. The van der Waals surface area contributed by atoms with E-state index in [9.17, 15) is 5.11 Å². The van der Waals surface area contributed by atoms with Gasteiger partial charge in [-0.15, -0.1) is 0 Å². The van der Waals surface area contributed by atoms with Crippen LogP contribution in [0.2, 0.25) is 0 Å². The van der Waals surface area contributed by atoms with Gasteiger partial charge in [0.25, 0.3) is 0 Å². The van der Waals surface area contributed by atoms with Crippen LogP contribution in [-0.2, 0) is 0 Å². The predicted octanol–water partition coefficient (Wildman–Crippen LogP) is 2.79. The second-order valence-electron chi connectivity index (χ2n) is 6.24. The summed E-state index contributed by atoms with van der Waals surface area (Å²) in [4.78, 5) is 0. The van der Waals surface area contributed by atoms with Crippen LogP contribution in [0.1, 0.15) is 38.7 Å². The third kappa shape index (κ3) is 3.33. The SMILES string of the molecule is CC(C)CNCC(C)(O)C1CC1c1ccccc1. The quantitative estimate of drug-likeness (QED) is 0.810. The Morgan fingerprint density at radius 3 is 2.61 bits per heavy atom. The van der Waals surface area contributed by atoms with E-state index in [1.165, 1.54) is 5.56 Å². The zero-order chi connectivity index (χ0) is 13.2. The van der Waals surface area contributed by atoms with E-state index in [1.807, 2.05) is 13.0 Å². The molecule has 0 amide bonds. The molecule has 2 heteroatoms. The minimum absolute atomic E-state index is 0.402. The van der Waals surface area contributed by atoms with Gasteiger partial charge in [-0.25, -0.2) is 0 Å². The van der Waals surface area contributed by atoms with E-state index in [0.29, 0.717) is 24.3 Å². The van der Waals surface area contributed by atoms with Gasteiger partial charge in [0.1, 0.15) is 0 Å². The first-order valence-corrected chi connectivity index (χ1v) is 6.99. The molecule has 0 spiro atoms. The summed E-state index contributed by atoms with van der Waals surface area (Å²) in [5.41, 5.74) is 0.779. The molecule has 1 aromatic rings. The number of hydrogen-bond acceptors (Lipinski definition) is 2. The monoisotopic (exact) mass is 247 g/mol. The molecule has 100 valence electrons. The minimum atomic E-state index is -0.588. The molecule has 2 N–H and O–H groups in total. The summed E-state index contributed by atoms with van der Waals surface area (Å²) >= 11 is 0. The molecular formula is C16H25NO. The molecular weight excluding hydrogens is 222 g/mol. The molecule has 2 nitrogen and oxygen atoms in total. The van der Waals surface area contributed by atoms with Crippen LogP contribution in [0.4, 0.5) is 0 Å². The van der Waals surface area contributed by atoms with Gasteiger partial charge in [0, 0.05) is 6.54 Å². The van der Waals surface area contributed by atoms with Crippen LogP contribution in [0.3, 0.4) is 0 Å². The van der Waals surface area contributed by atoms with Crippen LogP contribution in [0.15, 0.2) is 30.3 Å². The number of aliphatic hydroxyl groups is 1. The second kappa shape index (κ2) is 5.41. The summed E-state index contributed by atoms with van der Waals surface area (Å²) in [5.74, 6) is 1.58. The molecule has 1 aliphatic carbocycles. The molecule has 3 unspecified atom stereocenters. The lowest BCUT2D eigenvalue weighted by Gasteiger charge is -2.25. The van der Waals surface area contributed by atoms with E-state index in [2.05, 4.69) is 43.4 Å². The fourth-order valence-corrected chi connectivity index (χ4v) is 2.70. The van der Waals surface area contributed by atoms with Crippen LogP contribution < -0.4 is 5.32 Å². The van der Waals surface area contributed by atoms with Crippen LogP contribution in [0.5, 0.6) is 0 Å². The van der Waals surface area contributed by atoms with Gasteiger partial charge in [-0.3, -0.25) is 0 Å². The smallest absolute Gasteiger partial charge is 0.0777 e. The lowest BCUT2D eigenvalue weighted by Crippen LogP contribution is -2.41. The maximum atomic E-state index is 10.5. The van der Waals surface area contributed by atoms with Gasteiger partial charge in [0.2, 0.25) is 0 Å². The summed E-state index contributed by atoms with van der Waals surface area (Å²) in [5, 5.41) is 13.9. The minimum Gasteiger partial charge on any atom is -0.389 e. The van der Waals surface area contributed by atoms with Crippen molar-refractivity contribution in [2.45, 2.75) is 38.7 Å². The van der Waals surface area contributed by atoms with Crippen LogP contribution in [0.25, 0.3) is 0 Å². The highest BCUT2D eigenvalue weighted by Gasteiger charge is 2.49. The number of hydrogen-bond donors (Lipinski definition) is 2. The van der Waals surface area contributed by atoms with Crippen LogP contribution in [0, 0.1) is 11.8 Å². The van der Waals surface area contributed by atoms with Gasteiger partial charge in [-0.1, -0.05) is 44.2 Å². The molecule has 0 bridgehead atoms. The van der Waals surface area contributed by atoms with E-state index < -0.39 is 5.60 Å². The van der Waals surface area contributed by atoms with Crippen molar-refractivity contribution in [3.05, 3.63) is 35.9 Å². The first-order chi connectivity index (χ1) is 8.50. The molecule has 1 saturated carbocycles. The molecule has 3 atom stereocenters. The van der Waals surface area contributed by atoms with Crippen molar-refractivity contribution in [1.29, 1.82) is 0 Å². The number of nitrogens with one attached hydrogen (secondary N) is 1. The van der Waals surface area contributed by atoms with Crippen LogP contribution >= 0.6 is 0 Å². The highest BCUT2D eigenvalue weighted by molar-refractivity contribution is 5.27. The third-order valence-electron chi connectivity index (χ3n) is 3.85. The van der Waals surface area contributed by atoms with Crippen molar-refractivity contribution >= 4 is 0 Å². The average Bonchev–Trinajstić information content (AvgIpc) is 3.10. The Labute approximate surface area is 110 Å². The van der Waals surface area contributed by atoms with Crippen molar-refractivity contribution in [1.82, 2.24) is 5.32 Å². The average molecular weight is 247 g/mol.